The minimum absolute atomic E-state index is 0.157. The Morgan fingerprint density at radius 3 is 2.25 bits per heavy atom. The van der Waals surface area contributed by atoms with Crippen LogP contribution in [0.15, 0.2) is 42.5 Å². The SMILES string of the molecule is Cc1cc(C)cc(N(C)C2CC(N)c3ccccc32)c1. The monoisotopic (exact) mass is 266 g/mol. The van der Waals surface area contributed by atoms with Crippen LogP contribution in [-0.2, 0) is 0 Å². The number of rotatable bonds is 2. The second kappa shape index (κ2) is 4.95. The van der Waals surface area contributed by atoms with Gasteiger partial charge in [-0.15, -0.1) is 0 Å². The van der Waals surface area contributed by atoms with Gasteiger partial charge in [0.2, 0.25) is 0 Å². The van der Waals surface area contributed by atoms with Crippen molar-refractivity contribution in [1.29, 1.82) is 0 Å². The zero-order valence-electron chi connectivity index (χ0n) is 12.4. The topological polar surface area (TPSA) is 29.3 Å². The molecule has 0 aromatic heterocycles. The third-order valence-corrected chi connectivity index (χ3v) is 4.31. The van der Waals surface area contributed by atoms with E-state index in [-0.39, 0.29) is 6.04 Å². The van der Waals surface area contributed by atoms with Crippen molar-refractivity contribution in [3.63, 3.8) is 0 Å². The summed E-state index contributed by atoms with van der Waals surface area (Å²) >= 11 is 0. The van der Waals surface area contributed by atoms with Crippen molar-refractivity contribution < 1.29 is 0 Å². The van der Waals surface area contributed by atoms with Gasteiger partial charge < -0.3 is 10.6 Å². The summed E-state index contributed by atoms with van der Waals surface area (Å²) in [4.78, 5) is 2.37. The molecular weight excluding hydrogens is 244 g/mol. The molecule has 2 aromatic rings. The second-order valence-electron chi connectivity index (χ2n) is 5.94. The fraction of sp³-hybridized carbons (Fsp3) is 0.333. The van der Waals surface area contributed by atoms with Crippen molar-refractivity contribution >= 4 is 5.69 Å². The van der Waals surface area contributed by atoms with Crippen molar-refractivity contribution in [2.24, 2.45) is 5.73 Å². The molecule has 2 unspecified atom stereocenters. The third kappa shape index (κ3) is 2.20. The van der Waals surface area contributed by atoms with Crippen LogP contribution in [0.5, 0.6) is 0 Å². The second-order valence-corrected chi connectivity index (χ2v) is 5.94. The first-order chi connectivity index (χ1) is 9.56. The van der Waals surface area contributed by atoms with E-state index in [1.54, 1.807) is 0 Å². The molecule has 20 heavy (non-hydrogen) atoms. The van der Waals surface area contributed by atoms with Gasteiger partial charge in [0.15, 0.2) is 0 Å². The summed E-state index contributed by atoms with van der Waals surface area (Å²) in [6.07, 6.45) is 0.989. The van der Waals surface area contributed by atoms with Crippen LogP contribution in [0.2, 0.25) is 0 Å². The maximum Gasteiger partial charge on any atom is 0.0560 e. The van der Waals surface area contributed by atoms with Gasteiger partial charge in [0, 0.05) is 18.8 Å². The van der Waals surface area contributed by atoms with E-state index in [2.05, 4.69) is 68.3 Å². The molecule has 2 heteroatoms. The minimum Gasteiger partial charge on any atom is -0.367 e. The summed E-state index contributed by atoms with van der Waals surface area (Å²) in [5.41, 5.74) is 12.9. The Morgan fingerprint density at radius 2 is 1.60 bits per heavy atom. The summed E-state index contributed by atoms with van der Waals surface area (Å²) in [7, 11) is 2.17. The highest BCUT2D eigenvalue weighted by atomic mass is 15.1. The Bertz CT molecular complexity index is 613. The van der Waals surface area contributed by atoms with E-state index >= 15 is 0 Å². The van der Waals surface area contributed by atoms with Crippen molar-refractivity contribution in [2.45, 2.75) is 32.4 Å². The Hall–Kier alpha value is -1.80. The lowest BCUT2D eigenvalue weighted by Gasteiger charge is -2.28. The molecule has 0 fully saturated rings. The van der Waals surface area contributed by atoms with Gasteiger partial charge in [-0.05, 0) is 54.7 Å². The maximum absolute atomic E-state index is 6.29. The summed E-state index contributed by atoms with van der Waals surface area (Å²) in [5.74, 6) is 0. The van der Waals surface area contributed by atoms with Gasteiger partial charge in [-0.1, -0.05) is 30.3 Å². The molecule has 0 saturated carbocycles. The fourth-order valence-electron chi connectivity index (χ4n) is 3.35. The van der Waals surface area contributed by atoms with Gasteiger partial charge >= 0.3 is 0 Å². The quantitative estimate of drug-likeness (QED) is 0.893. The first kappa shape index (κ1) is 13.2. The predicted molar refractivity (Wildman–Crippen MR) is 85.0 cm³/mol. The van der Waals surface area contributed by atoms with E-state index in [9.17, 15) is 0 Å². The molecule has 0 radical (unpaired) electrons. The highest BCUT2D eigenvalue weighted by molar-refractivity contribution is 5.54. The van der Waals surface area contributed by atoms with Gasteiger partial charge in [0.25, 0.3) is 0 Å². The van der Waals surface area contributed by atoms with Gasteiger partial charge in [0.1, 0.15) is 0 Å². The molecule has 2 atom stereocenters. The number of hydrogen-bond donors (Lipinski definition) is 1. The number of benzene rings is 2. The first-order valence-electron chi connectivity index (χ1n) is 7.22. The molecular formula is C18H22N2. The molecule has 104 valence electrons. The van der Waals surface area contributed by atoms with Gasteiger partial charge in [-0.3, -0.25) is 0 Å². The number of nitrogens with zero attached hydrogens (tertiary/aromatic N) is 1. The lowest BCUT2D eigenvalue weighted by atomic mass is 10.1. The minimum atomic E-state index is 0.157. The van der Waals surface area contributed by atoms with Gasteiger partial charge in [-0.25, -0.2) is 0 Å². The Balaban J connectivity index is 1.98. The van der Waals surface area contributed by atoms with E-state index < -0.39 is 0 Å². The molecule has 3 rings (SSSR count). The largest absolute Gasteiger partial charge is 0.367 e. The zero-order valence-corrected chi connectivity index (χ0v) is 12.4. The summed E-state index contributed by atoms with van der Waals surface area (Å²) < 4.78 is 0. The van der Waals surface area contributed by atoms with E-state index in [1.807, 2.05) is 0 Å². The third-order valence-electron chi connectivity index (χ3n) is 4.31. The number of nitrogens with two attached hydrogens (primary N) is 1. The number of anilines is 1. The fourth-order valence-corrected chi connectivity index (χ4v) is 3.35. The molecule has 2 nitrogen and oxygen atoms in total. The summed E-state index contributed by atoms with van der Waals surface area (Å²) in [6.45, 7) is 4.30. The number of fused-ring (bicyclic) bond motifs is 1. The van der Waals surface area contributed by atoms with Crippen molar-refractivity contribution in [1.82, 2.24) is 0 Å². The lowest BCUT2D eigenvalue weighted by molar-refractivity contribution is 0.594. The molecule has 0 bridgehead atoms. The highest BCUT2D eigenvalue weighted by Crippen LogP contribution is 2.42. The molecule has 0 amide bonds. The average Bonchev–Trinajstić information content (AvgIpc) is 2.75. The van der Waals surface area contributed by atoms with E-state index in [4.69, 9.17) is 5.73 Å². The highest BCUT2D eigenvalue weighted by Gasteiger charge is 2.31. The normalized spacial score (nSPS) is 20.8. The van der Waals surface area contributed by atoms with Crippen LogP contribution in [0.25, 0.3) is 0 Å². The predicted octanol–water partition coefficient (Wildman–Crippen LogP) is 3.88. The Labute approximate surface area is 121 Å². The standard InChI is InChI=1S/C18H22N2/c1-12-8-13(2)10-14(9-12)20(3)18-11-17(19)15-6-4-5-7-16(15)18/h4-10,17-18H,11,19H2,1-3H3. The molecule has 2 aromatic carbocycles. The molecule has 0 aliphatic heterocycles. The number of aryl methyl sites for hydroxylation is 2. The van der Waals surface area contributed by atoms with Crippen LogP contribution in [0.4, 0.5) is 5.69 Å². The zero-order chi connectivity index (χ0) is 14.3. The van der Waals surface area contributed by atoms with Gasteiger partial charge in [0.05, 0.1) is 6.04 Å². The Morgan fingerprint density at radius 1 is 1.00 bits per heavy atom. The Kier molecular flexibility index (Phi) is 3.27. The molecule has 1 aliphatic rings. The molecule has 0 heterocycles. The summed E-state index contributed by atoms with van der Waals surface area (Å²) in [5, 5.41) is 0. The molecule has 0 spiro atoms. The number of hydrogen-bond acceptors (Lipinski definition) is 2. The average molecular weight is 266 g/mol. The van der Waals surface area contributed by atoms with Crippen molar-refractivity contribution in [2.75, 3.05) is 11.9 Å². The van der Waals surface area contributed by atoms with Crippen molar-refractivity contribution in [3.8, 4) is 0 Å². The van der Waals surface area contributed by atoms with E-state index in [1.165, 1.54) is 27.9 Å². The molecule has 1 aliphatic carbocycles. The van der Waals surface area contributed by atoms with Gasteiger partial charge in [-0.2, -0.15) is 0 Å². The van der Waals surface area contributed by atoms with Crippen LogP contribution in [0, 0.1) is 13.8 Å². The first-order valence-corrected chi connectivity index (χ1v) is 7.22. The van der Waals surface area contributed by atoms with Crippen LogP contribution < -0.4 is 10.6 Å². The van der Waals surface area contributed by atoms with Crippen LogP contribution >= 0.6 is 0 Å². The molecule has 0 saturated heterocycles. The molecule has 2 N–H and O–H groups in total. The van der Waals surface area contributed by atoms with Crippen LogP contribution in [0.3, 0.4) is 0 Å². The van der Waals surface area contributed by atoms with E-state index in [0.29, 0.717) is 6.04 Å². The van der Waals surface area contributed by atoms with Crippen LogP contribution in [0.1, 0.15) is 40.8 Å². The van der Waals surface area contributed by atoms with E-state index in [0.717, 1.165) is 6.42 Å². The van der Waals surface area contributed by atoms with Crippen LogP contribution in [-0.4, -0.2) is 7.05 Å². The lowest BCUT2D eigenvalue weighted by Crippen LogP contribution is -2.23. The van der Waals surface area contributed by atoms with Crippen molar-refractivity contribution in [3.05, 3.63) is 64.7 Å². The maximum atomic E-state index is 6.29. The smallest absolute Gasteiger partial charge is 0.0560 e. The summed E-state index contributed by atoms with van der Waals surface area (Å²) in [6, 6.07) is 15.8.